The maximum Gasteiger partial charge on any atom is 0.140 e. The van der Waals surface area contributed by atoms with Crippen molar-refractivity contribution in [1.29, 1.82) is 5.26 Å². The Balaban J connectivity index is 1.64. The summed E-state index contributed by atoms with van der Waals surface area (Å²) in [6, 6.07) is 22.1. The van der Waals surface area contributed by atoms with Crippen LogP contribution in [0.3, 0.4) is 0 Å². The molecule has 3 aromatic carbocycles. The van der Waals surface area contributed by atoms with Gasteiger partial charge >= 0.3 is 0 Å². The Morgan fingerprint density at radius 3 is 1.90 bits per heavy atom. The van der Waals surface area contributed by atoms with E-state index in [9.17, 15) is 4.39 Å². The van der Waals surface area contributed by atoms with Crippen molar-refractivity contribution in [3.63, 3.8) is 0 Å². The molecule has 0 spiro atoms. The number of halogens is 1. The maximum absolute atomic E-state index is 14.4. The molecule has 0 fully saturated rings. The van der Waals surface area contributed by atoms with E-state index in [0.717, 1.165) is 17.5 Å². The molecule has 152 valence electrons. The van der Waals surface area contributed by atoms with Crippen LogP contribution in [-0.2, 0) is 6.42 Å². The smallest absolute Gasteiger partial charge is 0.140 e. The minimum atomic E-state index is -0.393. The Morgan fingerprint density at radius 1 is 0.677 bits per heavy atom. The van der Waals surface area contributed by atoms with Crippen LogP contribution in [0.2, 0.25) is 0 Å². The van der Waals surface area contributed by atoms with Gasteiger partial charge < -0.3 is 0 Å². The lowest BCUT2D eigenvalue weighted by Crippen LogP contribution is -1.87. The molecule has 0 aromatic heterocycles. The number of hydrogen-bond donors (Lipinski definition) is 0. The summed E-state index contributed by atoms with van der Waals surface area (Å²) >= 11 is 0. The first-order valence-corrected chi connectivity index (χ1v) is 10.6. The number of hydrogen-bond acceptors (Lipinski definition) is 1. The topological polar surface area (TPSA) is 23.8 Å². The Kier molecular flexibility index (Phi) is 8.05. The van der Waals surface area contributed by atoms with Crippen LogP contribution in [0, 0.1) is 40.8 Å². The molecule has 0 heterocycles. The second-order valence-electron chi connectivity index (χ2n) is 7.39. The molecule has 0 aliphatic heterocycles. The molecule has 3 rings (SSSR count). The lowest BCUT2D eigenvalue weighted by Gasteiger charge is -2.01. The molecule has 0 aliphatic carbocycles. The molecule has 0 amide bonds. The van der Waals surface area contributed by atoms with Crippen molar-refractivity contribution in [2.45, 2.75) is 39.0 Å². The lowest BCUT2D eigenvalue weighted by molar-refractivity contribution is 0.624. The molecule has 0 atom stereocenters. The van der Waals surface area contributed by atoms with Crippen molar-refractivity contribution in [2.75, 3.05) is 0 Å². The Hall–Kier alpha value is -3.80. The molecule has 31 heavy (non-hydrogen) atoms. The highest BCUT2D eigenvalue weighted by Crippen LogP contribution is 2.12. The molecule has 0 saturated carbocycles. The number of aryl methyl sites for hydroxylation is 1. The van der Waals surface area contributed by atoms with Crippen molar-refractivity contribution >= 4 is 0 Å². The van der Waals surface area contributed by atoms with E-state index in [4.69, 9.17) is 5.26 Å². The van der Waals surface area contributed by atoms with Crippen LogP contribution in [0.25, 0.3) is 0 Å². The fraction of sp³-hybridized carbons (Fsp3) is 0.207. The minimum Gasteiger partial charge on any atom is -0.206 e. The zero-order valence-electron chi connectivity index (χ0n) is 17.7. The molecule has 0 bridgehead atoms. The van der Waals surface area contributed by atoms with Crippen molar-refractivity contribution in [3.8, 4) is 29.8 Å². The first kappa shape index (κ1) is 21.9. The highest BCUT2D eigenvalue weighted by molar-refractivity contribution is 5.49. The Morgan fingerprint density at radius 2 is 1.26 bits per heavy atom. The molecule has 2 heteroatoms. The molecule has 0 radical (unpaired) electrons. The van der Waals surface area contributed by atoms with Crippen LogP contribution in [0.15, 0.2) is 66.7 Å². The van der Waals surface area contributed by atoms with Crippen LogP contribution in [-0.4, -0.2) is 0 Å². The largest absolute Gasteiger partial charge is 0.206 e. The number of unbranched alkanes of at least 4 members (excludes halogenated alkanes) is 3. The number of benzene rings is 3. The number of rotatable bonds is 5. The van der Waals surface area contributed by atoms with Crippen LogP contribution >= 0.6 is 0 Å². The monoisotopic (exact) mass is 405 g/mol. The summed E-state index contributed by atoms with van der Waals surface area (Å²) in [7, 11) is 0. The van der Waals surface area contributed by atoms with Crippen molar-refractivity contribution in [2.24, 2.45) is 0 Å². The summed E-state index contributed by atoms with van der Waals surface area (Å²) in [6.45, 7) is 2.22. The molecular formula is C29H24FN. The van der Waals surface area contributed by atoms with Gasteiger partial charge in [0.1, 0.15) is 5.82 Å². The molecule has 0 unspecified atom stereocenters. The molecule has 1 nitrogen and oxygen atoms in total. The first-order valence-electron chi connectivity index (χ1n) is 10.6. The van der Waals surface area contributed by atoms with Gasteiger partial charge in [0.25, 0.3) is 0 Å². The summed E-state index contributed by atoms with van der Waals surface area (Å²) in [5.74, 6) is 11.5. The fourth-order valence-corrected chi connectivity index (χ4v) is 3.12. The first-order chi connectivity index (χ1) is 15.2. The summed E-state index contributed by atoms with van der Waals surface area (Å²) < 4.78 is 14.4. The summed E-state index contributed by atoms with van der Waals surface area (Å²) in [4.78, 5) is 0. The van der Waals surface area contributed by atoms with Gasteiger partial charge in [-0.25, -0.2) is 4.39 Å². The summed E-state index contributed by atoms with van der Waals surface area (Å²) in [5.41, 5.74) is 4.49. The van der Waals surface area contributed by atoms with Crippen molar-refractivity contribution in [3.05, 3.63) is 106 Å². The Labute approximate surface area is 184 Å². The highest BCUT2D eigenvalue weighted by Gasteiger charge is 2.00. The van der Waals surface area contributed by atoms with Gasteiger partial charge in [-0.1, -0.05) is 62.0 Å². The summed E-state index contributed by atoms with van der Waals surface area (Å²) in [5, 5.41) is 8.83. The van der Waals surface area contributed by atoms with Crippen LogP contribution in [0.5, 0.6) is 0 Å². The average molecular weight is 406 g/mol. The third-order valence-corrected chi connectivity index (χ3v) is 4.95. The second-order valence-corrected chi connectivity index (χ2v) is 7.39. The molecule has 3 aromatic rings. The van der Waals surface area contributed by atoms with Gasteiger partial charge in [-0.05, 0) is 73.0 Å². The van der Waals surface area contributed by atoms with Gasteiger partial charge in [0.15, 0.2) is 0 Å². The normalized spacial score (nSPS) is 9.71. The van der Waals surface area contributed by atoms with Gasteiger partial charge in [-0.3, -0.25) is 0 Å². The molecular weight excluding hydrogens is 381 g/mol. The number of nitriles is 1. The van der Waals surface area contributed by atoms with E-state index in [0.29, 0.717) is 16.7 Å². The predicted molar refractivity (Wildman–Crippen MR) is 124 cm³/mol. The van der Waals surface area contributed by atoms with Crippen LogP contribution in [0.4, 0.5) is 4.39 Å². The van der Waals surface area contributed by atoms with Gasteiger partial charge in [-0.2, -0.15) is 5.26 Å². The van der Waals surface area contributed by atoms with E-state index < -0.39 is 5.82 Å². The van der Waals surface area contributed by atoms with E-state index in [1.54, 1.807) is 36.4 Å². The van der Waals surface area contributed by atoms with E-state index in [1.165, 1.54) is 37.3 Å². The van der Waals surface area contributed by atoms with Gasteiger partial charge in [0, 0.05) is 16.7 Å². The number of nitrogens with zero attached hydrogens (tertiary/aromatic N) is 1. The second kappa shape index (κ2) is 11.4. The third-order valence-electron chi connectivity index (χ3n) is 4.95. The fourth-order valence-electron chi connectivity index (χ4n) is 3.12. The van der Waals surface area contributed by atoms with Crippen molar-refractivity contribution in [1.82, 2.24) is 0 Å². The minimum absolute atomic E-state index is 0.322. The van der Waals surface area contributed by atoms with Gasteiger partial charge in [0.2, 0.25) is 0 Å². The molecule has 0 aliphatic rings. The lowest BCUT2D eigenvalue weighted by atomic mass is 10.0. The van der Waals surface area contributed by atoms with Crippen molar-refractivity contribution < 1.29 is 4.39 Å². The van der Waals surface area contributed by atoms with Crippen LogP contribution < -0.4 is 0 Å². The standard InChI is InChI=1S/C29H24FN/c1-2-3-4-5-6-23-7-9-24(10-8-23)11-14-26-18-20-28(29(30)21-26)19-17-25-12-15-27(22-31)16-13-25/h7-10,12-13,15-16,18,20-21H,2-6H2,1H3. The van der Waals surface area contributed by atoms with Crippen LogP contribution in [0.1, 0.15) is 66.0 Å². The molecule has 0 N–H and O–H groups in total. The van der Waals surface area contributed by atoms with E-state index in [1.807, 2.05) is 12.1 Å². The SMILES string of the molecule is CCCCCCc1ccc(C#Cc2ccc(C#Cc3ccc(C#N)cc3)c(F)c2)cc1. The van der Waals surface area contributed by atoms with Gasteiger partial charge in [-0.15, -0.1) is 0 Å². The van der Waals surface area contributed by atoms with E-state index >= 15 is 0 Å². The average Bonchev–Trinajstić information content (AvgIpc) is 2.81. The zero-order chi connectivity index (χ0) is 21.9. The molecule has 0 saturated heterocycles. The predicted octanol–water partition coefficient (Wildman–Crippen LogP) is 6.62. The van der Waals surface area contributed by atoms with E-state index in [-0.39, 0.29) is 0 Å². The van der Waals surface area contributed by atoms with E-state index in [2.05, 4.69) is 48.8 Å². The van der Waals surface area contributed by atoms with Gasteiger partial charge in [0.05, 0.1) is 17.2 Å². The third kappa shape index (κ3) is 6.89. The highest BCUT2D eigenvalue weighted by atomic mass is 19.1. The maximum atomic E-state index is 14.4. The summed E-state index contributed by atoms with van der Waals surface area (Å²) in [6.07, 6.45) is 6.14. The quantitative estimate of drug-likeness (QED) is 0.346. The zero-order valence-corrected chi connectivity index (χ0v) is 17.7. The Bertz CT molecular complexity index is 1170.